The normalized spacial score (nSPS) is 19.1. The Morgan fingerprint density at radius 1 is 1.31 bits per heavy atom. The van der Waals surface area contributed by atoms with Gasteiger partial charge in [-0.3, -0.25) is 4.90 Å². The third-order valence-corrected chi connectivity index (χ3v) is 6.41. The van der Waals surface area contributed by atoms with Gasteiger partial charge in [0.15, 0.2) is 0 Å². The maximum Gasteiger partial charge on any atom is 0.325 e. The number of pyridine rings is 1. The zero-order valence-corrected chi connectivity index (χ0v) is 19.6. The third-order valence-electron chi connectivity index (χ3n) is 6.17. The first-order chi connectivity index (χ1) is 15.3. The number of amides is 2. The molecule has 1 saturated heterocycles. The van der Waals surface area contributed by atoms with Crippen LogP contribution in [0.3, 0.4) is 0 Å². The summed E-state index contributed by atoms with van der Waals surface area (Å²) in [5, 5.41) is 0.591. The number of hydrogen-bond donors (Lipinski definition) is 0. The van der Waals surface area contributed by atoms with Crippen molar-refractivity contribution in [3.8, 4) is 5.75 Å². The summed E-state index contributed by atoms with van der Waals surface area (Å²) in [6.07, 6.45) is 3.02. The second-order valence-electron chi connectivity index (χ2n) is 9.06. The van der Waals surface area contributed by atoms with E-state index in [1.165, 1.54) is 12.3 Å². The highest BCUT2D eigenvalue weighted by Crippen LogP contribution is 2.40. The van der Waals surface area contributed by atoms with Crippen molar-refractivity contribution < 1.29 is 13.9 Å². The second kappa shape index (κ2) is 9.14. The zero-order chi connectivity index (χ0) is 22.9. The van der Waals surface area contributed by atoms with Gasteiger partial charge in [-0.2, -0.15) is 0 Å². The SMILES string of the molecule is CCCN(CC1(C)CN(C(=O)N2c3ccc(Cl)cc3OCC2CC)C1)c1ccc(F)cn1. The third kappa shape index (κ3) is 4.49. The summed E-state index contributed by atoms with van der Waals surface area (Å²) in [5.41, 5.74) is 0.715. The molecule has 32 heavy (non-hydrogen) atoms. The molecule has 172 valence electrons. The standard InChI is InChI=1S/C24H30ClFN4O2/c1-4-10-28(22-9-7-18(26)12-27-22)14-24(3)15-29(16-24)23(31)30-19(5-2)13-32-21-11-17(25)6-8-20(21)30/h6-9,11-12,19H,4-5,10,13-16H2,1-3H3. The maximum atomic E-state index is 13.5. The molecule has 6 nitrogen and oxygen atoms in total. The number of anilines is 2. The van der Waals surface area contributed by atoms with Crippen LogP contribution in [0.25, 0.3) is 0 Å². The van der Waals surface area contributed by atoms with Crippen LogP contribution in [-0.4, -0.2) is 54.7 Å². The maximum absolute atomic E-state index is 13.5. The molecule has 0 saturated carbocycles. The first-order valence-corrected chi connectivity index (χ1v) is 11.6. The number of urea groups is 1. The molecule has 0 aliphatic carbocycles. The molecule has 8 heteroatoms. The Hall–Kier alpha value is -2.54. The van der Waals surface area contributed by atoms with Crippen LogP contribution in [-0.2, 0) is 0 Å². The number of halogens is 2. The number of hydrogen-bond acceptors (Lipinski definition) is 4. The van der Waals surface area contributed by atoms with E-state index in [2.05, 4.69) is 30.7 Å². The highest BCUT2D eigenvalue weighted by molar-refractivity contribution is 6.30. The summed E-state index contributed by atoms with van der Waals surface area (Å²) in [6, 6.07) is 8.57. The number of rotatable bonds is 6. The summed E-state index contributed by atoms with van der Waals surface area (Å²) in [5.74, 6) is 1.08. The minimum absolute atomic E-state index is 0.00291. The molecule has 0 radical (unpaired) electrons. The van der Waals surface area contributed by atoms with Gasteiger partial charge in [0.1, 0.15) is 24.0 Å². The van der Waals surface area contributed by atoms with Gasteiger partial charge >= 0.3 is 6.03 Å². The molecule has 0 bridgehead atoms. The molecule has 1 aromatic carbocycles. The van der Waals surface area contributed by atoms with Gasteiger partial charge in [-0.25, -0.2) is 14.2 Å². The van der Waals surface area contributed by atoms with E-state index < -0.39 is 0 Å². The van der Waals surface area contributed by atoms with Gasteiger partial charge in [-0.1, -0.05) is 32.4 Å². The molecule has 2 amide bonds. The highest BCUT2D eigenvalue weighted by atomic mass is 35.5. The van der Waals surface area contributed by atoms with E-state index >= 15 is 0 Å². The Labute approximate surface area is 193 Å². The number of aromatic nitrogens is 1. The molecule has 0 N–H and O–H groups in total. The van der Waals surface area contributed by atoms with Crippen LogP contribution in [0.15, 0.2) is 36.5 Å². The molecule has 2 aliphatic heterocycles. The summed E-state index contributed by atoms with van der Waals surface area (Å²) < 4.78 is 19.2. The number of benzene rings is 1. The van der Waals surface area contributed by atoms with E-state index in [9.17, 15) is 9.18 Å². The molecule has 4 rings (SSSR count). The highest BCUT2D eigenvalue weighted by Gasteiger charge is 2.46. The summed E-state index contributed by atoms with van der Waals surface area (Å²) in [4.78, 5) is 23.7. The largest absolute Gasteiger partial charge is 0.489 e. The molecule has 1 aromatic heterocycles. The quantitative estimate of drug-likeness (QED) is 0.593. The zero-order valence-electron chi connectivity index (χ0n) is 18.9. The van der Waals surface area contributed by atoms with E-state index in [0.717, 1.165) is 37.4 Å². The van der Waals surface area contributed by atoms with Crippen molar-refractivity contribution >= 4 is 29.1 Å². The number of nitrogens with zero attached hydrogens (tertiary/aromatic N) is 4. The fourth-order valence-corrected chi connectivity index (χ4v) is 4.80. The summed E-state index contributed by atoms with van der Waals surface area (Å²) in [7, 11) is 0. The average molecular weight is 461 g/mol. The van der Waals surface area contributed by atoms with E-state index in [-0.39, 0.29) is 23.3 Å². The van der Waals surface area contributed by atoms with E-state index in [1.54, 1.807) is 18.2 Å². The van der Waals surface area contributed by atoms with Crippen molar-refractivity contribution in [2.24, 2.45) is 5.41 Å². The fraction of sp³-hybridized carbons (Fsp3) is 0.500. The lowest BCUT2D eigenvalue weighted by atomic mass is 9.81. The van der Waals surface area contributed by atoms with Crippen LogP contribution in [0.2, 0.25) is 5.02 Å². The summed E-state index contributed by atoms with van der Waals surface area (Å²) >= 11 is 6.12. The Balaban J connectivity index is 1.47. The lowest BCUT2D eigenvalue weighted by molar-refractivity contribution is 0.0529. The smallest absolute Gasteiger partial charge is 0.325 e. The lowest BCUT2D eigenvalue weighted by Crippen LogP contribution is -2.65. The average Bonchev–Trinajstić information content (AvgIpc) is 2.76. The van der Waals surface area contributed by atoms with Crippen LogP contribution in [0, 0.1) is 11.2 Å². The van der Waals surface area contributed by atoms with Crippen molar-refractivity contribution in [2.75, 3.05) is 42.6 Å². The van der Waals surface area contributed by atoms with Crippen molar-refractivity contribution in [3.63, 3.8) is 0 Å². The first kappa shape index (κ1) is 22.6. The second-order valence-corrected chi connectivity index (χ2v) is 9.50. The van der Waals surface area contributed by atoms with Gasteiger partial charge < -0.3 is 14.5 Å². The Bertz CT molecular complexity index is 965. The van der Waals surface area contributed by atoms with Crippen LogP contribution in [0.4, 0.5) is 20.7 Å². The number of ether oxygens (including phenoxy) is 1. The minimum atomic E-state index is -0.339. The predicted octanol–water partition coefficient (Wildman–Crippen LogP) is 5.21. The van der Waals surface area contributed by atoms with Gasteiger partial charge in [-0.15, -0.1) is 0 Å². The minimum Gasteiger partial charge on any atom is -0.489 e. The van der Waals surface area contributed by atoms with Crippen LogP contribution >= 0.6 is 11.6 Å². The fourth-order valence-electron chi connectivity index (χ4n) is 4.64. The summed E-state index contributed by atoms with van der Waals surface area (Å²) in [6.45, 7) is 9.73. The van der Waals surface area contributed by atoms with Crippen LogP contribution in [0.5, 0.6) is 5.75 Å². The molecule has 2 aliphatic rings. The van der Waals surface area contributed by atoms with Gasteiger partial charge in [0.05, 0.1) is 17.9 Å². The Kier molecular flexibility index (Phi) is 6.47. The molecule has 3 heterocycles. The van der Waals surface area contributed by atoms with Crippen molar-refractivity contribution in [1.82, 2.24) is 9.88 Å². The van der Waals surface area contributed by atoms with E-state index in [0.29, 0.717) is 30.5 Å². The number of carbonyl (C=O) groups is 1. The van der Waals surface area contributed by atoms with Crippen molar-refractivity contribution in [2.45, 2.75) is 39.7 Å². The lowest BCUT2D eigenvalue weighted by Gasteiger charge is -2.52. The van der Waals surface area contributed by atoms with E-state index in [1.807, 2.05) is 15.9 Å². The molecule has 2 aromatic rings. The molecule has 1 unspecified atom stereocenters. The Morgan fingerprint density at radius 2 is 2.09 bits per heavy atom. The number of likely N-dealkylation sites (tertiary alicyclic amines) is 1. The Morgan fingerprint density at radius 3 is 2.75 bits per heavy atom. The van der Waals surface area contributed by atoms with Gasteiger partial charge in [-0.05, 0) is 37.1 Å². The molecular weight excluding hydrogens is 431 g/mol. The molecule has 0 spiro atoms. The number of fused-ring (bicyclic) bond motifs is 1. The van der Waals surface area contributed by atoms with Gasteiger partial charge in [0, 0.05) is 42.7 Å². The molecule has 1 fully saturated rings. The predicted molar refractivity (Wildman–Crippen MR) is 125 cm³/mol. The number of carbonyl (C=O) groups excluding carboxylic acids is 1. The molecular formula is C24H30ClFN4O2. The topological polar surface area (TPSA) is 48.9 Å². The molecule has 1 atom stereocenters. The van der Waals surface area contributed by atoms with Crippen LogP contribution in [0.1, 0.15) is 33.6 Å². The van der Waals surface area contributed by atoms with Gasteiger partial charge in [0.25, 0.3) is 0 Å². The first-order valence-electron chi connectivity index (χ1n) is 11.2. The monoisotopic (exact) mass is 460 g/mol. The van der Waals surface area contributed by atoms with Crippen molar-refractivity contribution in [3.05, 3.63) is 47.4 Å². The van der Waals surface area contributed by atoms with Crippen molar-refractivity contribution in [1.29, 1.82) is 0 Å². The van der Waals surface area contributed by atoms with E-state index in [4.69, 9.17) is 16.3 Å². The van der Waals surface area contributed by atoms with Crippen LogP contribution < -0.4 is 14.5 Å². The van der Waals surface area contributed by atoms with Gasteiger partial charge in [0.2, 0.25) is 0 Å².